The molecule has 0 saturated carbocycles. The summed E-state index contributed by atoms with van der Waals surface area (Å²) in [6, 6.07) is 7.53. The summed E-state index contributed by atoms with van der Waals surface area (Å²) >= 11 is 6.90. The normalized spacial score (nSPS) is 10.7. The third kappa shape index (κ3) is 3.86. The van der Waals surface area contributed by atoms with Gasteiger partial charge in [-0.15, -0.1) is 10.2 Å². The zero-order valence-corrected chi connectivity index (χ0v) is 15.0. The van der Waals surface area contributed by atoms with Gasteiger partial charge in [-0.25, -0.2) is 0 Å². The van der Waals surface area contributed by atoms with Crippen LogP contribution in [-0.4, -0.2) is 31.3 Å². The van der Waals surface area contributed by atoms with Gasteiger partial charge in [-0.05, 0) is 24.3 Å². The molecule has 1 N–H and O–H groups in total. The largest absolute Gasteiger partial charge is 0.461 e. The molecule has 1 aromatic carbocycles. The van der Waals surface area contributed by atoms with E-state index in [1.807, 2.05) is 0 Å². The number of carbonyl (C=O) groups excluding carboxylic acids is 1. The van der Waals surface area contributed by atoms with Gasteiger partial charge in [0.1, 0.15) is 5.69 Å². The van der Waals surface area contributed by atoms with E-state index in [9.17, 15) is 14.9 Å². The molecule has 0 radical (unpaired) electrons. The molecule has 134 valence electrons. The van der Waals surface area contributed by atoms with Crippen molar-refractivity contribution in [2.24, 2.45) is 7.05 Å². The molecule has 2 heterocycles. The topological polar surface area (TPSA) is 116 Å². The third-order valence-electron chi connectivity index (χ3n) is 3.34. The molecule has 1 amide bonds. The molecule has 0 aliphatic rings. The Morgan fingerprint density at radius 2 is 2.23 bits per heavy atom. The molecule has 3 aromatic rings. The van der Waals surface area contributed by atoms with Crippen LogP contribution in [0.3, 0.4) is 0 Å². The van der Waals surface area contributed by atoms with Crippen LogP contribution in [0, 0.1) is 10.1 Å². The lowest BCUT2D eigenvalue weighted by Crippen LogP contribution is -2.15. The minimum atomic E-state index is -0.604. The van der Waals surface area contributed by atoms with Crippen molar-refractivity contribution in [1.29, 1.82) is 0 Å². The van der Waals surface area contributed by atoms with Gasteiger partial charge in [0, 0.05) is 18.1 Å². The van der Waals surface area contributed by atoms with Gasteiger partial charge in [0.05, 0.1) is 16.9 Å². The van der Waals surface area contributed by atoms with Gasteiger partial charge >= 0.3 is 0 Å². The summed E-state index contributed by atoms with van der Waals surface area (Å²) in [5.74, 6) is 0.687. The first-order valence-corrected chi connectivity index (χ1v) is 8.62. The van der Waals surface area contributed by atoms with Crippen molar-refractivity contribution in [3.63, 3.8) is 0 Å². The summed E-state index contributed by atoms with van der Waals surface area (Å²) in [7, 11) is 1.75. The molecule has 0 bridgehead atoms. The van der Waals surface area contributed by atoms with Crippen LogP contribution in [0.4, 0.5) is 11.4 Å². The Morgan fingerprint density at radius 1 is 1.42 bits per heavy atom. The number of aromatic nitrogens is 3. The van der Waals surface area contributed by atoms with E-state index in [0.717, 1.165) is 11.8 Å². The lowest BCUT2D eigenvalue weighted by molar-refractivity contribution is -0.383. The fourth-order valence-electron chi connectivity index (χ4n) is 2.14. The minimum Gasteiger partial charge on any atom is -0.461 e. The number of carbonyl (C=O) groups is 1. The monoisotopic (exact) mass is 393 g/mol. The van der Waals surface area contributed by atoms with Gasteiger partial charge in [0.2, 0.25) is 5.91 Å². The Kier molecular flexibility index (Phi) is 5.24. The number of hydrogen-bond donors (Lipinski definition) is 1. The van der Waals surface area contributed by atoms with E-state index in [1.54, 1.807) is 23.7 Å². The summed E-state index contributed by atoms with van der Waals surface area (Å²) in [4.78, 5) is 22.6. The number of hydrogen-bond acceptors (Lipinski definition) is 7. The SMILES string of the molecule is Cn1c(SCC(=O)Nc2ccc(Cl)cc2[N+](=O)[O-])nnc1-c1ccco1. The van der Waals surface area contributed by atoms with Gasteiger partial charge in [0.25, 0.3) is 5.69 Å². The molecular formula is C15H12ClN5O4S. The lowest BCUT2D eigenvalue weighted by Gasteiger charge is -2.06. The van der Waals surface area contributed by atoms with Gasteiger partial charge in [-0.2, -0.15) is 0 Å². The highest BCUT2D eigenvalue weighted by Gasteiger charge is 2.18. The van der Waals surface area contributed by atoms with Crippen LogP contribution in [0.5, 0.6) is 0 Å². The van der Waals surface area contributed by atoms with Crippen molar-refractivity contribution < 1.29 is 14.1 Å². The quantitative estimate of drug-likeness (QED) is 0.387. The Balaban J connectivity index is 1.66. The average Bonchev–Trinajstić information content (AvgIpc) is 3.24. The number of halogens is 1. The number of nitrogens with zero attached hydrogens (tertiary/aromatic N) is 4. The highest BCUT2D eigenvalue weighted by Crippen LogP contribution is 2.28. The number of benzene rings is 1. The number of nitro benzene ring substituents is 1. The molecule has 2 aromatic heterocycles. The number of nitrogens with one attached hydrogen (secondary N) is 1. The maximum Gasteiger partial charge on any atom is 0.294 e. The van der Waals surface area contributed by atoms with Crippen LogP contribution in [0.1, 0.15) is 0 Å². The Labute approximate surface area is 156 Å². The maximum absolute atomic E-state index is 12.1. The van der Waals surface area contributed by atoms with E-state index in [0.29, 0.717) is 16.7 Å². The van der Waals surface area contributed by atoms with E-state index in [1.165, 1.54) is 24.5 Å². The fraction of sp³-hybridized carbons (Fsp3) is 0.133. The lowest BCUT2D eigenvalue weighted by atomic mass is 10.2. The zero-order valence-electron chi connectivity index (χ0n) is 13.4. The number of amides is 1. The first-order valence-electron chi connectivity index (χ1n) is 7.25. The van der Waals surface area contributed by atoms with Crippen LogP contribution in [-0.2, 0) is 11.8 Å². The first-order chi connectivity index (χ1) is 12.5. The summed E-state index contributed by atoms with van der Waals surface area (Å²) < 4.78 is 6.97. The summed E-state index contributed by atoms with van der Waals surface area (Å²) in [5.41, 5.74) is -0.186. The van der Waals surface area contributed by atoms with Gasteiger partial charge in [-0.1, -0.05) is 23.4 Å². The van der Waals surface area contributed by atoms with E-state index < -0.39 is 10.8 Å². The fourth-order valence-corrected chi connectivity index (χ4v) is 3.02. The molecule has 0 spiro atoms. The third-order valence-corrected chi connectivity index (χ3v) is 4.59. The summed E-state index contributed by atoms with van der Waals surface area (Å²) in [6.07, 6.45) is 1.53. The van der Waals surface area contributed by atoms with Crippen LogP contribution in [0.15, 0.2) is 46.2 Å². The standard InChI is InChI=1S/C15H12ClN5O4S/c1-20-14(12-3-2-6-25-12)18-19-15(20)26-8-13(22)17-10-5-4-9(16)7-11(10)21(23)24/h2-7H,8H2,1H3,(H,17,22). The molecule has 3 rings (SSSR count). The Hall–Kier alpha value is -2.85. The van der Waals surface area contributed by atoms with Crippen molar-refractivity contribution in [2.75, 3.05) is 11.1 Å². The molecule has 9 nitrogen and oxygen atoms in total. The van der Waals surface area contributed by atoms with Crippen molar-refractivity contribution in [3.8, 4) is 11.6 Å². The van der Waals surface area contributed by atoms with Crippen molar-refractivity contribution in [3.05, 3.63) is 51.7 Å². The number of thioether (sulfide) groups is 1. The summed E-state index contributed by atoms with van der Waals surface area (Å²) in [5, 5.41) is 22.3. The van der Waals surface area contributed by atoms with Crippen LogP contribution >= 0.6 is 23.4 Å². The second kappa shape index (κ2) is 7.58. The molecule has 26 heavy (non-hydrogen) atoms. The van der Waals surface area contributed by atoms with Crippen LogP contribution < -0.4 is 5.32 Å². The van der Waals surface area contributed by atoms with E-state index in [4.69, 9.17) is 16.0 Å². The maximum atomic E-state index is 12.1. The molecule has 0 saturated heterocycles. The number of rotatable bonds is 6. The first kappa shape index (κ1) is 18.0. The molecule has 0 unspecified atom stereocenters. The molecule has 0 aliphatic heterocycles. The van der Waals surface area contributed by atoms with Gasteiger partial charge in [-0.3, -0.25) is 14.9 Å². The minimum absolute atomic E-state index is 0.00388. The Morgan fingerprint density at radius 3 is 2.92 bits per heavy atom. The number of nitro groups is 1. The predicted octanol–water partition coefficient (Wildman–Crippen LogP) is 3.37. The molecule has 0 atom stereocenters. The average molecular weight is 394 g/mol. The second-order valence-corrected chi connectivity index (χ2v) is 6.48. The van der Waals surface area contributed by atoms with E-state index >= 15 is 0 Å². The molecule has 0 fully saturated rings. The van der Waals surface area contributed by atoms with Gasteiger partial charge in [0.15, 0.2) is 16.7 Å². The highest BCUT2D eigenvalue weighted by molar-refractivity contribution is 7.99. The zero-order chi connectivity index (χ0) is 18.7. The number of furan rings is 1. The van der Waals surface area contributed by atoms with E-state index in [2.05, 4.69) is 15.5 Å². The number of anilines is 1. The van der Waals surface area contributed by atoms with Crippen molar-refractivity contribution in [1.82, 2.24) is 14.8 Å². The molecule has 0 aliphatic carbocycles. The van der Waals surface area contributed by atoms with Gasteiger partial charge < -0.3 is 14.3 Å². The van der Waals surface area contributed by atoms with E-state index in [-0.39, 0.29) is 22.2 Å². The van der Waals surface area contributed by atoms with Crippen molar-refractivity contribution >= 4 is 40.6 Å². The van der Waals surface area contributed by atoms with Crippen LogP contribution in [0.25, 0.3) is 11.6 Å². The smallest absolute Gasteiger partial charge is 0.294 e. The molecule has 11 heteroatoms. The van der Waals surface area contributed by atoms with Crippen molar-refractivity contribution in [2.45, 2.75) is 5.16 Å². The predicted molar refractivity (Wildman–Crippen MR) is 96.2 cm³/mol. The second-order valence-electron chi connectivity index (χ2n) is 5.10. The van der Waals surface area contributed by atoms with Crippen LogP contribution in [0.2, 0.25) is 5.02 Å². The molecular weight excluding hydrogens is 382 g/mol. The summed E-state index contributed by atoms with van der Waals surface area (Å²) in [6.45, 7) is 0. The highest BCUT2D eigenvalue weighted by atomic mass is 35.5. The Bertz CT molecular complexity index is 957.